The summed E-state index contributed by atoms with van der Waals surface area (Å²) in [5, 5.41) is 14.9. The standard InChI is InChI=1S/C23H31N5OS/c1-5-7-15-28-22(20(6-2)27(3)4)25-26-23(28)30-16-21(29)24-19-14-10-12-17-11-8-9-13-18(17)19/h8-14,20H,5-7,15-16H2,1-4H3,(H,24,29)/t20-/m1/s1. The Balaban J connectivity index is 1.72. The molecule has 3 rings (SSSR count). The molecule has 2 aromatic carbocycles. The first-order valence-electron chi connectivity index (χ1n) is 10.5. The number of unbranched alkanes of at least 4 members (excludes halogenated alkanes) is 1. The first-order chi connectivity index (χ1) is 14.5. The van der Waals surface area contributed by atoms with E-state index in [9.17, 15) is 4.79 Å². The minimum atomic E-state index is -0.0393. The zero-order valence-corrected chi connectivity index (χ0v) is 19.1. The lowest BCUT2D eigenvalue weighted by molar-refractivity contribution is -0.113. The van der Waals surface area contributed by atoms with Gasteiger partial charge in [0.15, 0.2) is 11.0 Å². The van der Waals surface area contributed by atoms with Crippen molar-refractivity contribution >= 4 is 34.1 Å². The van der Waals surface area contributed by atoms with Gasteiger partial charge in [0.1, 0.15) is 0 Å². The molecule has 7 heteroatoms. The van der Waals surface area contributed by atoms with Gasteiger partial charge in [0.05, 0.1) is 11.8 Å². The largest absolute Gasteiger partial charge is 0.325 e. The van der Waals surface area contributed by atoms with Crippen LogP contribution in [0.4, 0.5) is 5.69 Å². The van der Waals surface area contributed by atoms with Crippen LogP contribution in [0.5, 0.6) is 0 Å². The van der Waals surface area contributed by atoms with Gasteiger partial charge in [-0.25, -0.2) is 0 Å². The Hall–Kier alpha value is -2.38. The van der Waals surface area contributed by atoms with Crippen molar-refractivity contribution in [2.75, 3.05) is 25.2 Å². The van der Waals surface area contributed by atoms with Crippen LogP contribution in [-0.2, 0) is 11.3 Å². The molecular formula is C23H31N5OS. The zero-order valence-electron chi connectivity index (χ0n) is 18.3. The lowest BCUT2D eigenvalue weighted by Crippen LogP contribution is -2.23. The Kier molecular flexibility index (Phi) is 7.87. The number of benzene rings is 2. The highest BCUT2D eigenvalue weighted by molar-refractivity contribution is 7.99. The topological polar surface area (TPSA) is 63.1 Å². The molecule has 0 fully saturated rings. The number of hydrogen-bond acceptors (Lipinski definition) is 5. The molecule has 0 bridgehead atoms. The number of carbonyl (C=O) groups excluding carboxylic acids is 1. The quantitative estimate of drug-likeness (QED) is 0.464. The predicted molar refractivity (Wildman–Crippen MR) is 125 cm³/mol. The zero-order chi connectivity index (χ0) is 21.5. The van der Waals surface area contributed by atoms with Crippen molar-refractivity contribution in [3.8, 4) is 0 Å². The van der Waals surface area contributed by atoms with E-state index in [4.69, 9.17) is 0 Å². The maximum absolute atomic E-state index is 12.7. The van der Waals surface area contributed by atoms with E-state index in [0.29, 0.717) is 5.75 Å². The molecule has 0 aliphatic heterocycles. The summed E-state index contributed by atoms with van der Waals surface area (Å²) in [5.41, 5.74) is 0.838. The fourth-order valence-corrected chi connectivity index (χ4v) is 4.38. The summed E-state index contributed by atoms with van der Waals surface area (Å²) in [7, 11) is 4.13. The SMILES string of the molecule is CCCCn1c(SCC(=O)Nc2cccc3ccccc23)nnc1[C@@H](CC)N(C)C. The molecule has 0 unspecified atom stereocenters. The summed E-state index contributed by atoms with van der Waals surface area (Å²) < 4.78 is 2.19. The molecule has 0 aliphatic carbocycles. The number of rotatable bonds is 10. The third-order valence-corrected chi connectivity index (χ3v) is 6.15. The minimum absolute atomic E-state index is 0.0393. The van der Waals surface area contributed by atoms with E-state index in [0.717, 1.165) is 53.2 Å². The fourth-order valence-electron chi connectivity index (χ4n) is 3.61. The summed E-state index contributed by atoms with van der Waals surface area (Å²) in [5.74, 6) is 1.24. The maximum Gasteiger partial charge on any atom is 0.234 e. The Bertz CT molecular complexity index is 979. The van der Waals surface area contributed by atoms with E-state index in [2.05, 4.69) is 52.9 Å². The molecule has 0 saturated carbocycles. The Labute approximate surface area is 183 Å². The molecule has 0 radical (unpaired) electrons. The molecule has 1 amide bonds. The van der Waals surface area contributed by atoms with E-state index in [-0.39, 0.29) is 11.9 Å². The second-order valence-electron chi connectivity index (χ2n) is 7.60. The molecule has 0 spiro atoms. The van der Waals surface area contributed by atoms with Crippen LogP contribution in [-0.4, -0.2) is 45.4 Å². The number of amides is 1. The lowest BCUT2D eigenvalue weighted by Gasteiger charge is -2.23. The summed E-state index contributed by atoms with van der Waals surface area (Å²) in [6.45, 7) is 5.21. The molecule has 6 nitrogen and oxygen atoms in total. The molecule has 30 heavy (non-hydrogen) atoms. The van der Waals surface area contributed by atoms with Crippen molar-refractivity contribution in [2.24, 2.45) is 0 Å². The van der Waals surface area contributed by atoms with Gasteiger partial charge < -0.3 is 9.88 Å². The molecular weight excluding hydrogens is 394 g/mol. The minimum Gasteiger partial charge on any atom is -0.325 e. The number of aromatic nitrogens is 3. The molecule has 0 saturated heterocycles. The predicted octanol–water partition coefficient (Wildman–Crippen LogP) is 4.97. The number of thioether (sulfide) groups is 1. The van der Waals surface area contributed by atoms with E-state index >= 15 is 0 Å². The molecule has 0 aliphatic rings. The highest BCUT2D eigenvalue weighted by atomic mass is 32.2. The molecule has 1 N–H and O–H groups in total. The number of nitrogens with one attached hydrogen (secondary N) is 1. The summed E-state index contributed by atoms with van der Waals surface area (Å²) in [6, 6.07) is 14.2. The van der Waals surface area contributed by atoms with Crippen molar-refractivity contribution in [1.82, 2.24) is 19.7 Å². The van der Waals surface area contributed by atoms with E-state index < -0.39 is 0 Å². The second-order valence-corrected chi connectivity index (χ2v) is 8.54. The van der Waals surface area contributed by atoms with E-state index in [1.807, 2.05) is 42.5 Å². The Morgan fingerprint density at radius 2 is 1.90 bits per heavy atom. The third kappa shape index (κ3) is 5.21. The summed E-state index contributed by atoms with van der Waals surface area (Å²) >= 11 is 1.45. The highest BCUT2D eigenvalue weighted by Gasteiger charge is 2.22. The van der Waals surface area contributed by atoms with Crippen LogP contribution in [0, 0.1) is 0 Å². The van der Waals surface area contributed by atoms with Crippen molar-refractivity contribution in [3.05, 3.63) is 48.3 Å². The van der Waals surface area contributed by atoms with Crippen LogP contribution < -0.4 is 5.32 Å². The first-order valence-corrected chi connectivity index (χ1v) is 11.5. The molecule has 160 valence electrons. The van der Waals surface area contributed by atoms with Crippen LogP contribution >= 0.6 is 11.8 Å². The first kappa shape index (κ1) is 22.3. The van der Waals surface area contributed by atoms with Crippen LogP contribution in [0.1, 0.15) is 45.0 Å². The van der Waals surface area contributed by atoms with Gasteiger partial charge in [-0.1, -0.05) is 68.4 Å². The molecule has 3 aromatic rings. The number of hydrogen-bond donors (Lipinski definition) is 1. The van der Waals surface area contributed by atoms with E-state index in [1.54, 1.807) is 0 Å². The van der Waals surface area contributed by atoms with Crippen molar-refractivity contribution < 1.29 is 4.79 Å². The fraction of sp³-hybridized carbons (Fsp3) is 0.435. The molecule has 1 heterocycles. The number of carbonyl (C=O) groups is 1. The van der Waals surface area contributed by atoms with Gasteiger partial charge in [0.25, 0.3) is 0 Å². The second kappa shape index (κ2) is 10.6. The molecule has 1 atom stereocenters. The monoisotopic (exact) mass is 425 g/mol. The normalized spacial score (nSPS) is 12.4. The van der Waals surface area contributed by atoms with Gasteiger partial charge >= 0.3 is 0 Å². The van der Waals surface area contributed by atoms with Crippen LogP contribution in [0.3, 0.4) is 0 Å². The van der Waals surface area contributed by atoms with E-state index in [1.165, 1.54) is 11.8 Å². The average Bonchev–Trinajstić information content (AvgIpc) is 3.13. The smallest absolute Gasteiger partial charge is 0.234 e. The third-order valence-electron chi connectivity index (χ3n) is 5.18. The van der Waals surface area contributed by atoms with Gasteiger partial charge in [-0.05, 0) is 38.4 Å². The Morgan fingerprint density at radius 1 is 1.13 bits per heavy atom. The molecule has 1 aromatic heterocycles. The van der Waals surface area contributed by atoms with Gasteiger partial charge in [-0.2, -0.15) is 0 Å². The number of anilines is 1. The number of nitrogens with zero attached hydrogens (tertiary/aromatic N) is 4. The maximum atomic E-state index is 12.7. The van der Waals surface area contributed by atoms with Crippen molar-refractivity contribution in [2.45, 2.75) is 50.9 Å². The lowest BCUT2D eigenvalue weighted by atomic mass is 10.1. The van der Waals surface area contributed by atoms with Crippen molar-refractivity contribution in [3.63, 3.8) is 0 Å². The summed E-state index contributed by atoms with van der Waals surface area (Å²) in [6.07, 6.45) is 3.12. The van der Waals surface area contributed by atoms with Gasteiger partial charge in [0, 0.05) is 17.6 Å². The van der Waals surface area contributed by atoms with Gasteiger partial charge in [-0.3, -0.25) is 9.69 Å². The van der Waals surface area contributed by atoms with Crippen LogP contribution in [0.2, 0.25) is 0 Å². The number of fused-ring (bicyclic) bond motifs is 1. The summed E-state index contributed by atoms with van der Waals surface area (Å²) in [4.78, 5) is 14.8. The van der Waals surface area contributed by atoms with Gasteiger partial charge in [-0.15, -0.1) is 10.2 Å². The van der Waals surface area contributed by atoms with Crippen LogP contribution in [0.25, 0.3) is 10.8 Å². The Morgan fingerprint density at radius 3 is 2.63 bits per heavy atom. The van der Waals surface area contributed by atoms with Crippen LogP contribution in [0.15, 0.2) is 47.6 Å². The van der Waals surface area contributed by atoms with Crippen molar-refractivity contribution in [1.29, 1.82) is 0 Å². The highest BCUT2D eigenvalue weighted by Crippen LogP contribution is 2.27. The van der Waals surface area contributed by atoms with Gasteiger partial charge in [0.2, 0.25) is 5.91 Å². The average molecular weight is 426 g/mol.